The van der Waals surface area contributed by atoms with E-state index in [2.05, 4.69) is 9.47 Å². The zero-order valence-corrected chi connectivity index (χ0v) is 9.44. The van der Waals surface area contributed by atoms with Crippen LogP contribution in [0.3, 0.4) is 0 Å². The molecular weight excluding hydrogens is 216 g/mol. The van der Waals surface area contributed by atoms with Crippen LogP contribution in [-0.2, 0) is 9.47 Å². The molecule has 0 spiro atoms. The van der Waals surface area contributed by atoms with E-state index in [0.717, 1.165) is 0 Å². The predicted molar refractivity (Wildman–Crippen MR) is 59.5 cm³/mol. The summed E-state index contributed by atoms with van der Waals surface area (Å²) in [5.74, 6) is -1.10. The second kappa shape index (κ2) is 6.08. The van der Waals surface area contributed by atoms with Gasteiger partial charge in [-0.15, -0.1) is 0 Å². The van der Waals surface area contributed by atoms with Crippen molar-refractivity contribution in [2.75, 3.05) is 14.2 Å². The third-order valence-corrected chi connectivity index (χ3v) is 1.74. The summed E-state index contributed by atoms with van der Waals surface area (Å²) in [6.07, 6.45) is 0. The molecule has 0 fully saturated rings. The molecule has 15 heavy (non-hydrogen) atoms. The van der Waals surface area contributed by atoms with Crippen molar-refractivity contribution in [1.82, 2.24) is 0 Å². The lowest BCUT2D eigenvalue weighted by Gasteiger charge is -2.04. The summed E-state index contributed by atoms with van der Waals surface area (Å²) in [6.45, 7) is 0. The minimum absolute atomic E-state index is 0. The summed E-state index contributed by atoms with van der Waals surface area (Å²) >= 11 is 0. The Hall–Kier alpha value is -1.49. The molecule has 1 aromatic carbocycles. The molecule has 0 bridgehead atoms. The number of methoxy groups -OCH3 is 2. The van der Waals surface area contributed by atoms with Gasteiger partial charge in [0.15, 0.2) is 0 Å². The van der Waals surface area contributed by atoms with Crippen LogP contribution in [0.5, 0.6) is 0 Å². The van der Waals surface area contributed by atoms with Gasteiger partial charge in [0, 0.05) is 0 Å². The van der Waals surface area contributed by atoms with Crippen LogP contribution < -0.4 is 0 Å². The lowest BCUT2D eigenvalue weighted by Crippen LogP contribution is -2.11. The maximum absolute atomic E-state index is 11.2. The van der Waals surface area contributed by atoms with Crippen molar-refractivity contribution in [2.45, 2.75) is 0 Å². The van der Waals surface area contributed by atoms with Gasteiger partial charge in [0.1, 0.15) is 0 Å². The van der Waals surface area contributed by atoms with E-state index in [0.29, 0.717) is 0 Å². The van der Waals surface area contributed by atoms with Gasteiger partial charge in [0.05, 0.1) is 25.3 Å². The Morgan fingerprint density at radius 1 is 0.933 bits per heavy atom. The number of benzene rings is 1. The van der Waals surface area contributed by atoms with E-state index in [1.807, 2.05) is 0 Å². The van der Waals surface area contributed by atoms with Gasteiger partial charge < -0.3 is 9.47 Å². The van der Waals surface area contributed by atoms with Gasteiger partial charge >= 0.3 is 11.9 Å². The predicted octanol–water partition coefficient (Wildman–Crippen LogP) is 1.37. The molecule has 0 radical (unpaired) electrons. The first-order chi connectivity index (χ1) is 6.70. The van der Waals surface area contributed by atoms with E-state index < -0.39 is 11.9 Å². The third kappa shape index (κ3) is 2.99. The summed E-state index contributed by atoms with van der Waals surface area (Å²) < 4.78 is 9.05. The Morgan fingerprint density at radius 3 is 1.53 bits per heavy atom. The number of rotatable bonds is 2. The molecule has 0 aliphatic rings. The monoisotopic (exact) mass is 228 g/mol. The average Bonchev–Trinajstić information content (AvgIpc) is 2.27. The molecule has 0 aromatic heterocycles. The molecule has 0 atom stereocenters. The highest BCUT2D eigenvalue weighted by Gasteiger charge is 2.16. The second-order valence-electron chi connectivity index (χ2n) is 2.53. The summed E-state index contributed by atoms with van der Waals surface area (Å²) in [5, 5.41) is 0. The zero-order chi connectivity index (χ0) is 10.6. The lowest BCUT2D eigenvalue weighted by molar-refractivity contribution is 0.0555. The molecule has 0 saturated heterocycles. The highest BCUT2D eigenvalue weighted by atomic mass is 32.1. The first kappa shape index (κ1) is 13.5. The average molecular weight is 228 g/mol. The summed E-state index contributed by atoms with van der Waals surface area (Å²) in [7, 11) is 2.52. The zero-order valence-electron chi connectivity index (χ0n) is 8.44. The number of hydrogen-bond donors (Lipinski definition) is 0. The molecule has 0 amide bonds. The van der Waals surface area contributed by atoms with Crippen LogP contribution >= 0.6 is 13.5 Å². The SMILES string of the molecule is COC(=O)c1ccccc1C(=O)OC.S. The van der Waals surface area contributed by atoms with Gasteiger partial charge in [-0.3, -0.25) is 0 Å². The fourth-order valence-electron chi connectivity index (χ4n) is 1.06. The topological polar surface area (TPSA) is 52.6 Å². The smallest absolute Gasteiger partial charge is 0.338 e. The van der Waals surface area contributed by atoms with E-state index >= 15 is 0 Å². The largest absolute Gasteiger partial charge is 0.465 e. The first-order valence-corrected chi connectivity index (χ1v) is 3.96. The van der Waals surface area contributed by atoms with Crippen LogP contribution in [0, 0.1) is 0 Å². The van der Waals surface area contributed by atoms with Crippen molar-refractivity contribution in [3.8, 4) is 0 Å². The summed E-state index contributed by atoms with van der Waals surface area (Å²) in [5.41, 5.74) is 0.420. The maximum atomic E-state index is 11.2. The Labute approximate surface area is 94.6 Å². The molecule has 4 nitrogen and oxygen atoms in total. The van der Waals surface area contributed by atoms with Crippen molar-refractivity contribution < 1.29 is 19.1 Å². The lowest BCUT2D eigenvalue weighted by atomic mass is 10.1. The molecule has 0 aliphatic heterocycles. The Morgan fingerprint density at radius 2 is 1.27 bits per heavy atom. The third-order valence-electron chi connectivity index (χ3n) is 1.74. The Balaban J connectivity index is 0.00000196. The van der Waals surface area contributed by atoms with E-state index in [-0.39, 0.29) is 24.6 Å². The number of carbonyl (C=O) groups excluding carboxylic acids is 2. The molecule has 0 aliphatic carbocycles. The van der Waals surface area contributed by atoms with Crippen LogP contribution in [0.4, 0.5) is 0 Å². The number of hydrogen-bond acceptors (Lipinski definition) is 4. The van der Waals surface area contributed by atoms with Crippen LogP contribution in [0.2, 0.25) is 0 Å². The van der Waals surface area contributed by atoms with Crippen molar-refractivity contribution >= 4 is 25.4 Å². The van der Waals surface area contributed by atoms with Gasteiger partial charge in [-0.1, -0.05) is 12.1 Å². The normalized spacial score (nSPS) is 8.67. The molecule has 0 saturated carbocycles. The second-order valence-corrected chi connectivity index (χ2v) is 2.53. The van der Waals surface area contributed by atoms with Crippen LogP contribution in [-0.4, -0.2) is 26.2 Å². The Bertz CT molecular complexity index is 327. The quantitative estimate of drug-likeness (QED) is 0.717. The summed E-state index contributed by atoms with van der Waals surface area (Å²) in [6, 6.07) is 6.33. The van der Waals surface area contributed by atoms with Gasteiger partial charge in [-0.25, -0.2) is 9.59 Å². The molecule has 1 aromatic rings. The molecule has 82 valence electrons. The van der Waals surface area contributed by atoms with Gasteiger partial charge in [-0.2, -0.15) is 13.5 Å². The number of carbonyl (C=O) groups is 2. The molecular formula is C10H12O4S. The molecule has 5 heteroatoms. The molecule has 1 rings (SSSR count). The van der Waals surface area contributed by atoms with Crippen molar-refractivity contribution in [1.29, 1.82) is 0 Å². The van der Waals surface area contributed by atoms with E-state index in [1.54, 1.807) is 12.1 Å². The van der Waals surface area contributed by atoms with E-state index in [9.17, 15) is 9.59 Å². The van der Waals surface area contributed by atoms with Crippen molar-refractivity contribution in [3.63, 3.8) is 0 Å². The van der Waals surface area contributed by atoms with E-state index in [1.165, 1.54) is 26.4 Å². The maximum Gasteiger partial charge on any atom is 0.338 e. The van der Waals surface area contributed by atoms with Crippen molar-refractivity contribution in [2.24, 2.45) is 0 Å². The summed E-state index contributed by atoms with van der Waals surface area (Å²) in [4.78, 5) is 22.4. The highest BCUT2D eigenvalue weighted by Crippen LogP contribution is 2.10. The number of esters is 2. The molecule has 0 N–H and O–H groups in total. The minimum Gasteiger partial charge on any atom is -0.465 e. The molecule has 0 heterocycles. The number of ether oxygens (including phenoxy) is 2. The minimum atomic E-state index is -0.550. The van der Waals surface area contributed by atoms with Crippen LogP contribution in [0.1, 0.15) is 20.7 Å². The highest BCUT2D eigenvalue weighted by molar-refractivity contribution is 7.59. The van der Waals surface area contributed by atoms with Gasteiger partial charge in [-0.05, 0) is 12.1 Å². The van der Waals surface area contributed by atoms with Gasteiger partial charge in [0.2, 0.25) is 0 Å². The van der Waals surface area contributed by atoms with E-state index in [4.69, 9.17) is 0 Å². The fraction of sp³-hybridized carbons (Fsp3) is 0.200. The van der Waals surface area contributed by atoms with Gasteiger partial charge in [0.25, 0.3) is 0 Å². The fourth-order valence-corrected chi connectivity index (χ4v) is 1.06. The van der Waals surface area contributed by atoms with Crippen LogP contribution in [0.25, 0.3) is 0 Å². The first-order valence-electron chi connectivity index (χ1n) is 3.96. The standard InChI is InChI=1S/C10H10O4.H2S/c1-13-9(11)7-5-3-4-6-8(7)10(12)14-2;/h3-6H,1-2H3;1H2. The van der Waals surface area contributed by atoms with Crippen molar-refractivity contribution in [3.05, 3.63) is 35.4 Å². The Kier molecular flexibility index (Phi) is 5.48. The molecule has 0 unspecified atom stereocenters. The van der Waals surface area contributed by atoms with Crippen LogP contribution in [0.15, 0.2) is 24.3 Å².